The van der Waals surface area contributed by atoms with Gasteiger partial charge in [-0.1, -0.05) is 48.5 Å². The summed E-state index contributed by atoms with van der Waals surface area (Å²) in [5.41, 5.74) is 1.93. The van der Waals surface area contributed by atoms with Crippen LogP contribution in [0.2, 0.25) is 0 Å². The molecule has 1 heterocycles. The molecule has 2 aromatic rings. The molecule has 3 rings (SSSR count). The van der Waals surface area contributed by atoms with Gasteiger partial charge in [-0.2, -0.15) is 0 Å². The summed E-state index contributed by atoms with van der Waals surface area (Å²) in [4.78, 5) is 14.4. The van der Waals surface area contributed by atoms with E-state index in [1.165, 1.54) is 11.0 Å². The molecule has 1 amide bonds. The summed E-state index contributed by atoms with van der Waals surface area (Å²) < 4.78 is 23.5. The first-order valence-electron chi connectivity index (χ1n) is 8.37. The molecule has 1 aliphatic rings. The molecule has 0 aromatic heterocycles. The summed E-state index contributed by atoms with van der Waals surface area (Å²) in [5, 5.41) is 1.21. The Balaban J connectivity index is 1.71. The van der Waals surface area contributed by atoms with E-state index in [0.717, 1.165) is 18.5 Å². The fourth-order valence-corrected chi connectivity index (χ4v) is 4.31. The molecule has 130 valence electrons. The molecule has 1 atom stereocenters. The monoisotopic (exact) mass is 355 g/mol. The molecule has 1 aliphatic heterocycles. The third kappa shape index (κ3) is 4.57. The van der Waals surface area contributed by atoms with E-state index in [1.807, 2.05) is 60.7 Å². The fraction of sp³-hybridized carbons (Fsp3) is 0.250. The van der Waals surface area contributed by atoms with Gasteiger partial charge >= 0.3 is 0 Å². The fourth-order valence-electron chi connectivity index (χ4n) is 3.04. The second-order valence-corrected chi connectivity index (χ2v) is 8.10. The highest BCUT2D eigenvalue weighted by Gasteiger charge is 2.30. The van der Waals surface area contributed by atoms with E-state index in [2.05, 4.69) is 0 Å². The molecule has 2 aromatic carbocycles. The van der Waals surface area contributed by atoms with Crippen LogP contribution in [0.3, 0.4) is 0 Å². The first-order valence-corrected chi connectivity index (χ1v) is 10.1. The lowest BCUT2D eigenvalue weighted by Crippen LogP contribution is -2.41. The Kier molecular flexibility index (Phi) is 5.34. The summed E-state index contributed by atoms with van der Waals surface area (Å²) in [6.07, 6.45) is 3.55. The van der Waals surface area contributed by atoms with Crippen molar-refractivity contribution in [2.75, 3.05) is 10.7 Å². The Morgan fingerprint density at radius 1 is 1.00 bits per heavy atom. The van der Waals surface area contributed by atoms with Crippen LogP contribution in [-0.2, 0) is 21.1 Å². The molecular weight excluding hydrogens is 334 g/mol. The van der Waals surface area contributed by atoms with Crippen molar-refractivity contribution in [3.8, 4) is 0 Å². The van der Waals surface area contributed by atoms with Crippen LogP contribution in [0, 0.1) is 0 Å². The number of amides is 1. The molecule has 0 radical (unpaired) electrons. The predicted molar refractivity (Wildman–Crippen MR) is 100 cm³/mol. The third-order valence-electron chi connectivity index (χ3n) is 4.24. The van der Waals surface area contributed by atoms with E-state index in [1.54, 1.807) is 11.0 Å². The Morgan fingerprint density at radius 3 is 2.24 bits per heavy atom. The van der Waals surface area contributed by atoms with Gasteiger partial charge in [0.1, 0.15) is 0 Å². The second-order valence-electron chi connectivity index (χ2n) is 6.16. The molecule has 4 nitrogen and oxygen atoms in total. The highest BCUT2D eigenvalue weighted by atomic mass is 32.2. The topological polar surface area (TPSA) is 54.5 Å². The van der Waals surface area contributed by atoms with Crippen molar-refractivity contribution in [3.05, 3.63) is 77.7 Å². The maximum atomic E-state index is 12.8. The number of hydrogen-bond donors (Lipinski definition) is 0. The Bertz CT molecular complexity index is 845. The van der Waals surface area contributed by atoms with Crippen LogP contribution < -0.4 is 4.90 Å². The van der Waals surface area contributed by atoms with Gasteiger partial charge < -0.3 is 4.90 Å². The minimum Gasteiger partial charge on any atom is -0.304 e. The number of carbonyl (C=O) groups is 1. The molecule has 0 unspecified atom stereocenters. The van der Waals surface area contributed by atoms with Gasteiger partial charge in [-0.25, -0.2) is 8.42 Å². The van der Waals surface area contributed by atoms with E-state index in [-0.39, 0.29) is 11.7 Å². The molecule has 5 heteroatoms. The van der Waals surface area contributed by atoms with Crippen molar-refractivity contribution in [2.45, 2.75) is 25.3 Å². The SMILES string of the molecule is O=C(CCCc1ccccc1)N(c1ccccc1)[C@H]1C=CS(=O)(=O)C1. The van der Waals surface area contributed by atoms with Gasteiger partial charge in [0.15, 0.2) is 9.84 Å². The third-order valence-corrected chi connectivity index (χ3v) is 5.62. The maximum Gasteiger partial charge on any atom is 0.227 e. The van der Waals surface area contributed by atoms with E-state index < -0.39 is 15.9 Å². The molecule has 0 spiro atoms. The molecular formula is C20H21NO3S. The van der Waals surface area contributed by atoms with Crippen LogP contribution >= 0.6 is 0 Å². The van der Waals surface area contributed by atoms with Crippen molar-refractivity contribution in [1.82, 2.24) is 0 Å². The molecule has 0 N–H and O–H groups in total. The van der Waals surface area contributed by atoms with Crippen LogP contribution in [0.4, 0.5) is 5.69 Å². The zero-order valence-corrected chi connectivity index (χ0v) is 14.7. The lowest BCUT2D eigenvalue weighted by Gasteiger charge is -2.27. The zero-order valence-electron chi connectivity index (χ0n) is 13.9. The highest BCUT2D eigenvalue weighted by molar-refractivity contribution is 7.94. The summed E-state index contributed by atoms with van der Waals surface area (Å²) in [6.45, 7) is 0. The van der Waals surface area contributed by atoms with Crippen LogP contribution in [0.1, 0.15) is 18.4 Å². The Labute approximate surface area is 148 Å². The van der Waals surface area contributed by atoms with Crippen LogP contribution in [-0.4, -0.2) is 26.1 Å². The number of para-hydroxylation sites is 1. The molecule has 0 fully saturated rings. The minimum atomic E-state index is -3.22. The van der Waals surface area contributed by atoms with Crippen molar-refractivity contribution in [3.63, 3.8) is 0 Å². The lowest BCUT2D eigenvalue weighted by atomic mass is 10.1. The average Bonchev–Trinajstić information content (AvgIpc) is 2.96. The number of carbonyl (C=O) groups excluding carboxylic acids is 1. The summed E-state index contributed by atoms with van der Waals surface area (Å²) in [6, 6.07) is 18.9. The summed E-state index contributed by atoms with van der Waals surface area (Å²) in [7, 11) is -3.22. The van der Waals surface area contributed by atoms with Gasteiger partial charge in [0, 0.05) is 17.5 Å². The smallest absolute Gasteiger partial charge is 0.227 e. The standard InChI is InChI=1S/C20H21NO3S/c22-20(13-7-10-17-8-3-1-4-9-17)21(18-11-5-2-6-12-18)19-14-15-25(23,24)16-19/h1-6,8-9,11-12,14-15,19H,7,10,13,16H2/t19-/m0/s1. The van der Waals surface area contributed by atoms with Crippen molar-refractivity contribution in [2.24, 2.45) is 0 Å². The predicted octanol–water partition coefficient (Wildman–Crippen LogP) is 3.35. The Hall–Kier alpha value is -2.40. The average molecular weight is 355 g/mol. The molecule has 0 bridgehead atoms. The van der Waals surface area contributed by atoms with E-state index in [9.17, 15) is 13.2 Å². The second kappa shape index (κ2) is 7.66. The van der Waals surface area contributed by atoms with E-state index >= 15 is 0 Å². The molecule has 0 saturated heterocycles. The van der Waals surface area contributed by atoms with Crippen LogP contribution in [0.25, 0.3) is 0 Å². The number of benzene rings is 2. The van der Waals surface area contributed by atoms with Crippen LogP contribution in [0.15, 0.2) is 72.1 Å². The number of rotatable bonds is 6. The maximum absolute atomic E-state index is 12.8. The van der Waals surface area contributed by atoms with E-state index in [4.69, 9.17) is 0 Å². The van der Waals surface area contributed by atoms with E-state index in [0.29, 0.717) is 6.42 Å². The number of aryl methyl sites for hydroxylation is 1. The highest BCUT2D eigenvalue weighted by Crippen LogP contribution is 2.24. The van der Waals surface area contributed by atoms with Crippen molar-refractivity contribution in [1.29, 1.82) is 0 Å². The first kappa shape index (κ1) is 17.4. The normalized spacial score (nSPS) is 18.2. The quantitative estimate of drug-likeness (QED) is 0.798. The largest absolute Gasteiger partial charge is 0.304 e. The first-order chi connectivity index (χ1) is 12.1. The number of anilines is 1. The van der Waals surface area contributed by atoms with Crippen molar-refractivity contribution < 1.29 is 13.2 Å². The van der Waals surface area contributed by atoms with Gasteiger partial charge in [-0.3, -0.25) is 4.79 Å². The van der Waals surface area contributed by atoms with Gasteiger partial charge in [-0.05, 0) is 36.6 Å². The van der Waals surface area contributed by atoms with Crippen LogP contribution in [0.5, 0.6) is 0 Å². The van der Waals surface area contributed by atoms with Gasteiger partial charge in [-0.15, -0.1) is 0 Å². The number of hydrogen-bond acceptors (Lipinski definition) is 3. The molecule has 25 heavy (non-hydrogen) atoms. The summed E-state index contributed by atoms with van der Waals surface area (Å²) >= 11 is 0. The molecule has 0 saturated carbocycles. The minimum absolute atomic E-state index is 0.0473. The van der Waals surface area contributed by atoms with Gasteiger partial charge in [0.05, 0.1) is 11.8 Å². The number of nitrogens with zero attached hydrogens (tertiary/aromatic N) is 1. The summed E-state index contributed by atoms with van der Waals surface area (Å²) in [5.74, 6) is -0.0966. The van der Waals surface area contributed by atoms with Crippen molar-refractivity contribution >= 4 is 21.4 Å². The number of sulfone groups is 1. The van der Waals surface area contributed by atoms with Gasteiger partial charge in [0.2, 0.25) is 5.91 Å². The lowest BCUT2D eigenvalue weighted by molar-refractivity contribution is -0.118. The zero-order chi connectivity index (χ0) is 17.7. The molecule has 0 aliphatic carbocycles. The Morgan fingerprint density at radius 2 is 1.64 bits per heavy atom. The van der Waals surface area contributed by atoms with Gasteiger partial charge in [0.25, 0.3) is 0 Å².